The van der Waals surface area contributed by atoms with E-state index < -0.39 is 0 Å². The predicted molar refractivity (Wildman–Crippen MR) is 82.2 cm³/mol. The smallest absolute Gasteiger partial charge is 0.123 e. The summed E-state index contributed by atoms with van der Waals surface area (Å²) in [6, 6.07) is 11.5. The zero-order valence-electron chi connectivity index (χ0n) is 10.7. The van der Waals surface area contributed by atoms with E-state index >= 15 is 0 Å². The second kappa shape index (κ2) is 5.97. The Morgan fingerprint density at radius 3 is 2.80 bits per heavy atom. The third-order valence-electron chi connectivity index (χ3n) is 3.18. The van der Waals surface area contributed by atoms with E-state index in [9.17, 15) is 5.11 Å². The number of halogens is 1. The van der Waals surface area contributed by atoms with Gasteiger partial charge in [0.15, 0.2) is 0 Å². The first kappa shape index (κ1) is 13.6. The lowest BCUT2D eigenvalue weighted by Gasteiger charge is -2.13. The van der Waals surface area contributed by atoms with Crippen molar-refractivity contribution >= 4 is 33.0 Å². The molecule has 104 valence electrons. The molecule has 2 aromatic heterocycles. The lowest BCUT2D eigenvalue weighted by molar-refractivity contribution is 0.226. The predicted octanol–water partition coefficient (Wildman–Crippen LogP) is 3.97. The van der Waals surface area contributed by atoms with Crippen molar-refractivity contribution in [2.24, 2.45) is 0 Å². The lowest BCUT2D eigenvalue weighted by atomic mass is 10.2. The van der Waals surface area contributed by atoms with Crippen LogP contribution in [0.5, 0.6) is 0 Å². The Balaban J connectivity index is 1.78. The fourth-order valence-electron chi connectivity index (χ4n) is 2.14. The van der Waals surface area contributed by atoms with Gasteiger partial charge in [0.25, 0.3) is 0 Å². The third kappa shape index (κ3) is 2.60. The van der Waals surface area contributed by atoms with Gasteiger partial charge in [-0.3, -0.25) is 0 Å². The van der Waals surface area contributed by atoms with Crippen LogP contribution in [-0.2, 0) is 6.54 Å². The Hall–Kier alpha value is -1.33. The van der Waals surface area contributed by atoms with Crippen LogP contribution in [0.3, 0.4) is 0 Å². The summed E-state index contributed by atoms with van der Waals surface area (Å²) in [5.41, 5.74) is 0. The molecule has 2 N–H and O–H groups in total. The average molecular weight is 308 g/mol. The molecule has 0 saturated heterocycles. The highest BCUT2D eigenvalue weighted by molar-refractivity contribution is 7.19. The van der Waals surface area contributed by atoms with Crippen molar-refractivity contribution in [2.75, 3.05) is 6.61 Å². The minimum atomic E-state index is -0.216. The van der Waals surface area contributed by atoms with Gasteiger partial charge in [-0.2, -0.15) is 0 Å². The molecule has 0 aliphatic heterocycles. The van der Waals surface area contributed by atoms with Crippen LogP contribution in [0.25, 0.3) is 10.1 Å². The molecule has 0 bridgehead atoms. The first-order valence-electron chi connectivity index (χ1n) is 6.33. The van der Waals surface area contributed by atoms with Gasteiger partial charge in [-0.25, -0.2) is 0 Å². The van der Waals surface area contributed by atoms with E-state index in [1.807, 2.05) is 30.3 Å². The molecule has 20 heavy (non-hydrogen) atoms. The first-order valence-corrected chi connectivity index (χ1v) is 7.52. The zero-order chi connectivity index (χ0) is 13.9. The van der Waals surface area contributed by atoms with E-state index in [1.165, 1.54) is 4.70 Å². The molecule has 0 spiro atoms. The normalized spacial score (nSPS) is 12.9. The fraction of sp³-hybridized carbons (Fsp3) is 0.200. The van der Waals surface area contributed by atoms with Gasteiger partial charge in [0.05, 0.1) is 23.9 Å². The minimum absolute atomic E-state index is 0.0178. The van der Waals surface area contributed by atoms with Gasteiger partial charge in [0, 0.05) is 21.5 Å². The molecule has 2 heterocycles. The number of hydrogen-bond acceptors (Lipinski definition) is 4. The van der Waals surface area contributed by atoms with Gasteiger partial charge in [0.1, 0.15) is 5.76 Å². The summed E-state index contributed by atoms with van der Waals surface area (Å²) in [5.74, 6) is 0.727. The van der Waals surface area contributed by atoms with Gasteiger partial charge in [0.2, 0.25) is 0 Å². The molecule has 0 saturated carbocycles. The lowest BCUT2D eigenvalue weighted by Crippen LogP contribution is -2.23. The van der Waals surface area contributed by atoms with Crippen molar-refractivity contribution in [1.29, 1.82) is 0 Å². The maximum atomic E-state index is 9.43. The summed E-state index contributed by atoms with van der Waals surface area (Å²) in [4.78, 5) is 1.07. The van der Waals surface area contributed by atoms with E-state index in [4.69, 9.17) is 16.0 Å². The quantitative estimate of drug-likeness (QED) is 0.749. The zero-order valence-corrected chi connectivity index (χ0v) is 12.2. The molecule has 0 radical (unpaired) electrons. The van der Waals surface area contributed by atoms with Crippen LogP contribution < -0.4 is 5.32 Å². The number of hydrogen-bond donors (Lipinski definition) is 2. The molecule has 0 aliphatic carbocycles. The molecular formula is C15H14ClNO2S. The highest BCUT2D eigenvalue weighted by Crippen LogP contribution is 2.35. The van der Waals surface area contributed by atoms with E-state index in [0.717, 1.165) is 21.0 Å². The number of aliphatic hydroxyl groups excluding tert-OH is 1. The van der Waals surface area contributed by atoms with E-state index in [0.29, 0.717) is 6.54 Å². The summed E-state index contributed by atoms with van der Waals surface area (Å²) in [6.45, 7) is 0.583. The summed E-state index contributed by atoms with van der Waals surface area (Å²) in [6.07, 6.45) is 1.60. The molecular weight excluding hydrogens is 294 g/mol. The number of furan rings is 1. The molecule has 0 aliphatic rings. The van der Waals surface area contributed by atoms with Crippen molar-refractivity contribution < 1.29 is 9.52 Å². The van der Waals surface area contributed by atoms with Crippen LogP contribution in [0.2, 0.25) is 5.02 Å². The third-order valence-corrected chi connectivity index (χ3v) is 4.89. The fourth-order valence-corrected chi connectivity index (χ4v) is 3.59. The van der Waals surface area contributed by atoms with Crippen LogP contribution >= 0.6 is 22.9 Å². The van der Waals surface area contributed by atoms with Crippen molar-refractivity contribution in [1.82, 2.24) is 5.32 Å². The summed E-state index contributed by atoms with van der Waals surface area (Å²) < 4.78 is 6.49. The number of benzene rings is 1. The van der Waals surface area contributed by atoms with E-state index in [2.05, 4.69) is 11.4 Å². The minimum Gasteiger partial charge on any atom is -0.468 e. The Morgan fingerprint density at radius 1 is 1.25 bits per heavy atom. The topological polar surface area (TPSA) is 45.4 Å². The Labute approximate surface area is 125 Å². The summed E-state index contributed by atoms with van der Waals surface area (Å²) in [7, 11) is 0. The number of rotatable bonds is 5. The van der Waals surface area contributed by atoms with E-state index in [1.54, 1.807) is 17.6 Å². The molecule has 1 aromatic carbocycles. The van der Waals surface area contributed by atoms with Gasteiger partial charge < -0.3 is 14.8 Å². The highest BCUT2D eigenvalue weighted by Gasteiger charge is 2.15. The standard InChI is InChI=1S/C15H14ClNO2S/c16-15-10-4-1-2-6-13(10)20-14(15)8-17-11(9-18)12-5-3-7-19-12/h1-7,11,17-18H,8-9H2. The number of fused-ring (bicyclic) bond motifs is 1. The van der Waals surface area contributed by atoms with Gasteiger partial charge in [-0.05, 0) is 18.2 Å². The maximum Gasteiger partial charge on any atom is 0.123 e. The molecule has 5 heteroatoms. The Morgan fingerprint density at radius 2 is 2.10 bits per heavy atom. The van der Waals surface area contributed by atoms with Crippen LogP contribution in [0.1, 0.15) is 16.7 Å². The molecule has 1 unspecified atom stereocenters. The summed E-state index contributed by atoms with van der Waals surface area (Å²) in [5, 5.41) is 14.6. The van der Waals surface area contributed by atoms with Crippen LogP contribution in [0.15, 0.2) is 47.1 Å². The van der Waals surface area contributed by atoms with Crippen molar-refractivity contribution in [3.63, 3.8) is 0 Å². The molecule has 3 nitrogen and oxygen atoms in total. The van der Waals surface area contributed by atoms with Crippen molar-refractivity contribution in [3.8, 4) is 0 Å². The average Bonchev–Trinajstić information content (AvgIpc) is 3.10. The number of nitrogens with one attached hydrogen (secondary N) is 1. The molecule has 0 fully saturated rings. The van der Waals surface area contributed by atoms with Crippen LogP contribution in [0, 0.1) is 0 Å². The first-order chi connectivity index (χ1) is 9.79. The van der Waals surface area contributed by atoms with Crippen LogP contribution in [0.4, 0.5) is 0 Å². The molecule has 3 rings (SSSR count). The van der Waals surface area contributed by atoms with E-state index in [-0.39, 0.29) is 12.6 Å². The SMILES string of the molecule is OCC(NCc1sc2ccccc2c1Cl)c1ccco1. The summed E-state index contributed by atoms with van der Waals surface area (Å²) >= 11 is 8.06. The Kier molecular flexibility index (Phi) is 4.08. The second-order valence-corrected chi connectivity index (χ2v) is 5.98. The van der Waals surface area contributed by atoms with Crippen molar-refractivity contribution in [2.45, 2.75) is 12.6 Å². The largest absolute Gasteiger partial charge is 0.468 e. The maximum absolute atomic E-state index is 9.43. The highest BCUT2D eigenvalue weighted by atomic mass is 35.5. The second-order valence-electron chi connectivity index (χ2n) is 4.47. The number of aliphatic hydroxyl groups is 1. The van der Waals surface area contributed by atoms with Crippen LogP contribution in [-0.4, -0.2) is 11.7 Å². The molecule has 3 aromatic rings. The number of thiophene rings is 1. The monoisotopic (exact) mass is 307 g/mol. The molecule has 1 atom stereocenters. The van der Waals surface area contributed by atoms with Gasteiger partial charge >= 0.3 is 0 Å². The molecule has 0 amide bonds. The Bertz CT molecular complexity index is 693. The van der Waals surface area contributed by atoms with Gasteiger partial charge in [-0.15, -0.1) is 11.3 Å². The van der Waals surface area contributed by atoms with Gasteiger partial charge in [-0.1, -0.05) is 29.8 Å². The van der Waals surface area contributed by atoms with Crippen molar-refractivity contribution in [3.05, 3.63) is 58.3 Å².